The molecule has 0 saturated heterocycles. The number of hydrogen-bond donors (Lipinski definition) is 3. The summed E-state index contributed by atoms with van der Waals surface area (Å²) in [7, 11) is -1.50. The summed E-state index contributed by atoms with van der Waals surface area (Å²) in [4.78, 5) is 24.8. The third-order valence-corrected chi connectivity index (χ3v) is 6.14. The van der Waals surface area contributed by atoms with Crippen LogP contribution in [0.5, 0.6) is 0 Å². The lowest BCUT2D eigenvalue weighted by atomic mass is 9.96. The highest BCUT2D eigenvalue weighted by Crippen LogP contribution is 2.47. The average Bonchev–Trinajstić information content (AvgIpc) is 2.52. The minimum atomic E-state index is -3.05. The largest absolute Gasteiger partial charge is 0.357 e. The van der Waals surface area contributed by atoms with E-state index in [0.717, 1.165) is 0 Å². The first kappa shape index (κ1) is 24.1. The van der Waals surface area contributed by atoms with E-state index in [1.54, 1.807) is 14.0 Å². The predicted octanol–water partition coefficient (Wildman–Crippen LogP) is 2.16. The maximum absolute atomic E-state index is 12.8. The van der Waals surface area contributed by atoms with Gasteiger partial charge in [0.15, 0.2) is 0 Å². The number of likely N-dealkylation sites (N-methyl/N-ethyl adjacent to an activating group) is 1. The van der Waals surface area contributed by atoms with Crippen LogP contribution < -0.4 is 16.4 Å². The van der Waals surface area contributed by atoms with E-state index in [1.165, 1.54) is 0 Å². The first-order valence-corrected chi connectivity index (χ1v) is 11.0. The van der Waals surface area contributed by atoms with Gasteiger partial charge in [-0.2, -0.15) is 0 Å². The van der Waals surface area contributed by atoms with Crippen molar-refractivity contribution in [3.8, 4) is 0 Å². The molecule has 0 saturated carbocycles. The third-order valence-electron chi connectivity index (χ3n) is 3.85. The molecule has 2 unspecified atom stereocenters. The quantitative estimate of drug-likeness (QED) is 0.451. The topological polar surface area (TPSA) is 111 Å². The molecule has 7 nitrogen and oxygen atoms in total. The van der Waals surface area contributed by atoms with E-state index >= 15 is 0 Å². The number of carbonyl (C=O) groups is 2. The summed E-state index contributed by atoms with van der Waals surface area (Å²) in [6.07, 6.45) is 1.11. The van der Waals surface area contributed by atoms with Gasteiger partial charge in [-0.1, -0.05) is 27.7 Å². The van der Waals surface area contributed by atoms with Crippen molar-refractivity contribution >= 4 is 19.2 Å². The van der Waals surface area contributed by atoms with E-state index in [2.05, 4.69) is 10.6 Å². The second-order valence-corrected chi connectivity index (χ2v) is 9.85. The van der Waals surface area contributed by atoms with Crippen LogP contribution in [0.1, 0.15) is 47.5 Å². The van der Waals surface area contributed by atoms with Crippen molar-refractivity contribution in [2.45, 2.75) is 53.5 Å². The molecular weight excluding hydrogens is 341 g/mol. The highest BCUT2D eigenvalue weighted by atomic mass is 31.2. The molecule has 0 aliphatic carbocycles. The van der Waals surface area contributed by atoms with Gasteiger partial charge in [0.25, 0.3) is 0 Å². The molecular formula is C17H36N3O4P. The van der Waals surface area contributed by atoms with Gasteiger partial charge in [0.05, 0.1) is 12.9 Å². The molecule has 0 aromatic rings. The Labute approximate surface area is 152 Å². The molecule has 4 N–H and O–H groups in total. The number of hydrogen-bond acceptors (Lipinski definition) is 5. The van der Waals surface area contributed by atoms with Gasteiger partial charge < -0.3 is 20.9 Å². The van der Waals surface area contributed by atoms with E-state index < -0.39 is 19.3 Å². The molecule has 0 spiro atoms. The van der Waals surface area contributed by atoms with E-state index in [-0.39, 0.29) is 36.1 Å². The van der Waals surface area contributed by atoms with Crippen molar-refractivity contribution in [3.63, 3.8) is 0 Å². The predicted molar refractivity (Wildman–Crippen MR) is 102 cm³/mol. The van der Waals surface area contributed by atoms with Crippen LogP contribution in [0.2, 0.25) is 0 Å². The fourth-order valence-corrected chi connectivity index (χ4v) is 4.57. The van der Waals surface area contributed by atoms with Gasteiger partial charge in [-0.15, -0.1) is 0 Å². The van der Waals surface area contributed by atoms with E-state index in [9.17, 15) is 14.2 Å². The van der Waals surface area contributed by atoms with Crippen molar-refractivity contribution < 1.29 is 18.7 Å². The Morgan fingerprint density at radius 1 is 1.08 bits per heavy atom. The Hall–Kier alpha value is -0.910. The van der Waals surface area contributed by atoms with Crippen LogP contribution in [0.15, 0.2) is 0 Å². The van der Waals surface area contributed by atoms with Gasteiger partial charge in [-0.3, -0.25) is 14.2 Å². The van der Waals surface area contributed by atoms with Crippen LogP contribution >= 0.6 is 7.37 Å². The SMILES string of the molecule is CCOP(=O)(CN)CC(CC(C)C)C(=O)N[C@@H](CC(C)C)C(=O)NC. The molecule has 0 aliphatic rings. The first-order chi connectivity index (χ1) is 11.6. The van der Waals surface area contributed by atoms with Crippen LogP contribution in [0, 0.1) is 17.8 Å². The molecule has 0 bridgehead atoms. The van der Waals surface area contributed by atoms with Crippen LogP contribution in [0.25, 0.3) is 0 Å². The molecule has 148 valence electrons. The smallest absolute Gasteiger partial charge is 0.242 e. The van der Waals surface area contributed by atoms with Crippen molar-refractivity contribution in [1.29, 1.82) is 0 Å². The van der Waals surface area contributed by atoms with Crippen molar-refractivity contribution in [2.75, 3.05) is 26.1 Å². The zero-order chi connectivity index (χ0) is 19.6. The fourth-order valence-electron chi connectivity index (χ4n) is 2.75. The molecule has 2 amide bonds. The molecule has 0 aromatic carbocycles. The normalized spacial score (nSPS) is 16.4. The standard InChI is InChI=1S/C17H36N3O4P/c1-7-24-25(23,11-18)10-14(8-12(2)3)16(21)20-15(9-13(4)5)17(22)19-6/h12-15H,7-11,18H2,1-6H3,(H,19,22)(H,20,21)/t14?,15-,25?/m0/s1. The van der Waals surface area contributed by atoms with Gasteiger partial charge in [0.2, 0.25) is 19.2 Å². The van der Waals surface area contributed by atoms with Crippen LogP contribution in [-0.4, -0.2) is 44.0 Å². The molecule has 8 heteroatoms. The molecule has 25 heavy (non-hydrogen) atoms. The average molecular weight is 377 g/mol. The number of nitrogens with two attached hydrogens (primary N) is 1. The second kappa shape index (κ2) is 11.7. The Bertz CT molecular complexity index is 469. The second-order valence-electron chi connectivity index (χ2n) is 7.23. The lowest BCUT2D eigenvalue weighted by Crippen LogP contribution is -2.49. The van der Waals surface area contributed by atoms with Crippen molar-refractivity contribution in [1.82, 2.24) is 10.6 Å². The maximum Gasteiger partial charge on any atom is 0.242 e. The Balaban J connectivity index is 5.26. The minimum absolute atomic E-state index is 0.0897. The summed E-state index contributed by atoms with van der Waals surface area (Å²) in [6, 6.07) is -0.600. The summed E-state index contributed by atoms with van der Waals surface area (Å²) in [5, 5.41) is 5.41. The van der Waals surface area contributed by atoms with E-state index in [4.69, 9.17) is 10.3 Å². The van der Waals surface area contributed by atoms with Crippen LogP contribution in [0.4, 0.5) is 0 Å². The molecule has 0 radical (unpaired) electrons. The third kappa shape index (κ3) is 9.38. The van der Waals surface area contributed by atoms with Gasteiger partial charge in [-0.25, -0.2) is 0 Å². The lowest BCUT2D eigenvalue weighted by Gasteiger charge is -2.26. The van der Waals surface area contributed by atoms with Gasteiger partial charge >= 0.3 is 0 Å². The zero-order valence-corrected chi connectivity index (χ0v) is 17.4. The molecule has 3 atom stereocenters. The summed E-state index contributed by atoms with van der Waals surface area (Å²) < 4.78 is 18.1. The number of rotatable bonds is 12. The molecule has 0 heterocycles. The van der Waals surface area contributed by atoms with Gasteiger partial charge in [-0.05, 0) is 31.6 Å². The summed E-state index contributed by atoms with van der Waals surface area (Å²) in [5.41, 5.74) is 5.63. The fraction of sp³-hybridized carbons (Fsp3) is 0.882. The van der Waals surface area contributed by atoms with Gasteiger partial charge in [0.1, 0.15) is 6.04 Å². The minimum Gasteiger partial charge on any atom is -0.357 e. The van der Waals surface area contributed by atoms with E-state index in [1.807, 2.05) is 27.7 Å². The highest BCUT2D eigenvalue weighted by Gasteiger charge is 2.32. The zero-order valence-electron chi connectivity index (χ0n) is 16.5. The monoisotopic (exact) mass is 377 g/mol. The number of nitrogens with one attached hydrogen (secondary N) is 2. The first-order valence-electron chi connectivity index (χ1n) is 9.03. The Morgan fingerprint density at radius 2 is 1.64 bits per heavy atom. The summed E-state index contributed by atoms with van der Waals surface area (Å²) in [6.45, 7) is 10.0. The molecule has 0 aromatic heterocycles. The maximum atomic E-state index is 12.8. The lowest BCUT2D eigenvalue weighted by molar-refractivity contribution is -0.131. The van der Waals surface area contributed by atoms with Gasteiger partial charge in [0, 0.05) is 19.1 Å². The Morgan fingerprint density at radius 3 is 2.04 bits per heavy atom. The van der Waals surface area contributed by atoms with E-state index in [0.29, 0.717) is 19.4 Å². The Kier molecular flexibility index (Phi) is 11.2. The molecule has 0 fully saturated rings. The van der Waals surface area contributed by atoms with Crippen molar-refractivity contribution in [2.24, 2.45) is 23.5 Å². The van der Waals surface area contributed by atoms with Crippen LogP contribution in [0.3, 0.4) is 0 Å². The number of carbonyl (C=O) groups excluding carboxylic acids is 2. The number of amides is 2. The summed E-state index contributed by atoms with van der Waals surface area (Å²) >= 11 is 0. The summed E-state index contributed by atoms with van der Waals surface area (Å²) in [5.74, 6) is -0.495. The van der Waals surface area contributed by atoms with Crippen LogP contribution in [-0.2, 0) is 18.7 Å². The van der Waals surface area contributed by atoms with Crippen molar-refractivity contribution in [3.05, 3.63) is 0 Å². The molecule has 0 aliphatic heterocycles. The molecule has 0 rings (SSSR count). The highest BCUT2D eigenvalue weighted by molar-refractivity contribution is 7.58.